The highest BCUT2D eigenvalue weighted by Crippen LogP contribution is 2.23. The molecule has 126 valence electrons. The maximum Gasteiger partial charge on any atom is 0.193 e. The van der Waals surface area contributed by atoms with E-state index in [4.69, 9.17) is 5.26 Å². The quantitative estimate of drug-likeness (QED) is 0.455. The zero-order chi connectivity index (χ0) is 15.9. The van der Waals surface area contributed by atoms with Crippen LogP contribution in [0.3, 0.4) is 0 Å². The second-order valence-corrected chi connectivity index (χ2v) is 6.44. The van der Waals surface area contributed by atoms with Crippen molar-refractivity contribution < 1.29 is 0 Å². The average Bonchev–Trinajstić information content (AvgIpc) is 2.95. The maximum atomic E-state index is 8.96. The van der Waals surface area contributed by atoms with Gasteiger partial charge in [-0.1, -0.05) is 26.0 Å². The number of benzene rings is 1. The number of hydrogen-bond donors (Lipinski definition) is 1. The van der Waals surface area contributed by atoms with Crippen LogP contribution >= 0.6 is 24.0 Å². The first-order valence-electron chi connectivity index (χ1n) is 8.07. The fourth-order valence-corrected chi connectivity index (χ4v) is 3.15. The lowest BCUT2D eigenvalue weighted by molar-refractivity contribution is 0.403. The van der Waals surface area contributed by atoms with Crippen LogP contribution < -0.4 is 5.32 Å². The number of nitriles is 1. The molecule has 1 atom stereocenters. The summed E-state index contributed by atoms with van der Waals surface area (Å²) in [6.45, 7) is 7.45. The number of likely N-dealkylation sites (tertiary alicyclic amines) is 1. The van der Waals surface area contributed by atoms with Crippen LogP contribution in [0.1, 0.15) is 37.8 Å². The van der Waals surface area contributed by atoms with Gasteiger partial charge in [0.25, 0.3) is 0 Å². The summed E-state index contributed by atoms with van der Waals surface area (Å²) in [5.74, 6) is 2.50. The summed E-state index contributed by atoms with van der Waals surface area (Å²) in [5, 5.41) is 12.4. The predicted molar refractivity (Wildman–Crippen MR) is 106 cm³/mol. The summed E-state index contributed by atoms with van der Waals surface area (Å²) >= 11 is 0. The molecule has 0 aliphatic carbocycles. The monoisotopic (exact) mass is 426 g/mol. The lowest BCUT2D eigenvalue weighted by atomic mass is 9.97. The first-order chi connectivity index (χ1) is 10.6. The molecule has 0 bridgehead atoms. The average molecular weight is 426 g/mol. The number of halogens is 1. The van der Waals surface area contributed by atoms with Gasteiger partial charge < -0.3 is 10.2 Å². The van der Waals surface area contributed by atoms with Gasteiger partial charge in [0.05, 0.1) is 11.6 Å². The summed E-state index contributed by atoms with van der Waals surface area (Å²) in [6, 6.07) is 9.89. The molecule has 0 amide bonds. The van der Waals surface area contributed by atoms with Gasteiger partial charge in [-0.05, 0) is 42.4 Å². The highest BCUT2D eigenvalue weighted by atomic mass is 127. The highest BCUT2D eigenvalue weighted by molar-refractivity contribution is 14.0. The van der Waals surface area contributed by atoms with Gasteiger partial charge in [0.2, 0.25) is 0 Å². The molecule has 1 unspecified atom stereocenters. The molecule has 23 heavy (non-hydrogen) atoms. The summed E-state index contributed by atoms with van der Waals surface area (Å²) in [4.78, 5) is 6.76. The molecule has 1 saturated heterocycles. The number of nitrogens with one attached hydrogen (secondary N) is 1. The third kappa shape index (κ3) is 6.02. The Morgan fingerprint density at radius 2 is 2.26 bits per heavy atom. The van der Waals surface area contributed by atoms with Gasteiger partial charge in [0, 0.05) is 26.7 Å². The Kier molecular flexibility index (Phi) is 8.38. The molecule has 2 rings (SSSR count). The zero-order valence-electron chi connectivity index (χ0n) is 14.2. The van der Waals surface area contributed by atoms with Crippen LogP contribution in [0.2, 0.25) is 0 Å². The predicted octanol–water partition coefficient (Wildman–Crippen LogP) is 3.62. The van der Waals surface area contributed by atoms with E-state index in [9.17, 15) is 0 Å². The van der Waals surface area contributed by atoms with Gasteiger partial charge in [-0.25, -0.2) is 0 Å². The normalized spacial score (nSPS) is 17.8. The Labute approximate surface area is 157 Å². The van der Waals surface area contributed by atoms with Crippen LogP contribution in [0.25, 0.3) is 0 Å². The topological polar surface area (TPSA) is 51.4 Å². The molecule has 0 radical (unpaired) electrons. The van der Waals surface area contributed by atoms with E-state index in [0.717, 1.165) is 36.4 Å². The van der Waals surface area contributed by atoms with Gasteiger partial charge in [-0.2, -0.15) is 5.26 Å². The van der Waals surface area contributed by atoms with Crippen molar-refractivity contribution in [2.75, 3.05) is 20.1 Å². The Morgan fingerprint density at radius 1 is 1.48 bits per heavy atom. The third-order valence-corrected chi connectivity index (χ3v) is 4.11. The molecule has 4 nitrogen and oxygen atoms in total. The van der Waals surface area contributed by atoms with E-state index in [0.29, 0.717) is 12.1 Å². The van der Waals surface area contributed by atoms with Crippen molar-refractivity contribution >= 4 is 29.9 Å². The van der Waals surface area contributed by atoms with Crippen LogP contribution in [0.4, 0.5) is 0 Å². The fourth-order valence-electron chi connectivity index (χ4n) is 3.15. The van der Waals surface area contributed by atoms with E-state index >= 15 is 0 Å². The van der Waals surface area contributed by atoms with Crippen LogP contribution in [0, 0.1) is 23.2 Å². The second kappa shape index (κ2) is 9.76. The number of aliphatic imine (C=N–C) groups is 1. The number of hydrogen-bond acceptors (Lipinski definition) is 2. The minimum absolute atomic E-state index is 0. The third-order valence-electron chi connectivity index (χ3n) is 4.11. The molecule has 0 spiro atoms. The molecule has 1 fully saturated rings. The van der Waals surface area contributed by atoms with Crippen LogP contribution in [-0.2, 0) is 6.54 Å². The van der Waals surface area contributed by atoms with Gasteiger partial charge in [-0.15, -0.1) is 24.0 Å². The minimum atomic E-state index is 0. The van der Waals surface area contributed by atoms with E-state index in [1.807, 2.05) is 31.3 Å². The summed E-state index contributed by atoms with van der Waals surface area (Å²) in [6.07, 6.45) is 2.54. The molecule has 0 aromatic heterocycles. The highest BCUT2D eigenvalue weighted by Gasteiger charge is 2.25. The van der Waals surface area contributed by atoms with Crippen molar-refractivity contribution in [3.63, 3.8) is 0 Å². The Hall–Kier alpha value is -1.29. The van der Waals surface area contributed by atoms with E-state index in [1.165, 1.54) is 12.8 Å². The molecule has 1 N–H and O–H groups in total. The van der Waals surface area contributed by atoms with Gasteiger partial charge in [0.15, 0.2) is 5.96 Å². The molecular weight excluding hydrogens is 399 g/mol. The molecule has 0 saturated carbocycles. The standard InChI is InChI=1S/C18H26N4.HI/c1-14(2)9-17-7-8-22(13-17)18(20-3)21-12-16-6-4-5-15(10-16)11-19;/h4-6,10,14,17H,7-9,12-13H2,1-3H3,(H,20,21);1H. The van der Waals surface area contributed by atoms with Crippen molar-refractivity contribution in [2.24, 2.45) is 16.8 Å². The van der Waals surface area contributed by atoms with Gasteiger partial charge in [-0.3, -0.25) is 4.99 Å². The largest absolute Gasteiger partial charge is 0.352 e. The van der Waals surface area contributed by atoms with Crippen molar-refractivity contribution in [1.82, 2.24) is 10.2 Å². The van der Waals surface area contributed by atoms with Gasteiger partial charge in [0.1, 0.15) is 0 Å². The van der Waals surface area contributed by atoms with E-state index in [2.05, 4.69) is 35.1 Å². The zero-order valence-corrected chi connectivity index (χ0v) is 16.6. The molecule has 1 heterocycles. The SMILES string of the molecule is CN=C(NCc1cccc(C#N)c1)N1CCC(CC(C)C)C1.I. The molecule has 1 aliphatic rings. The van der Waals surface area contributed by atoms with Crippen LogP contribution in [0.15, 0.2) is 29.3 Å². The number of rotatable bonds is 4. The Morgan fingerprint density at radius 3 is 2.91 bits per heavy atom. The van der Waals surface area contributed by atoms with Crippen molar-refractivity contribution in [3.05, 3.63) is 35.4 Å². The summed E-state index contributed by atoms with van der Waals surface area (Å²) in [7, 11) is 1.84. The van der Waals surface area contributed by atoms with Crippen molar-refractivity contribution in [3.8, 4) is 6.07 Å². The number of nitrogens with zero attached hydrogens (tertiary/aromatic N) is 3. The molecule has 1 aromatic rings. The smallest absolute Gasteiger partial charge is 0.193 e. The molecule has 1 aromatic carbocycles. The Balaban J connectivity index is 0.00000264. The second-order valence-electron chi connectivity index (χ2n) is 6.44. The first-order valence-corrected chi connectivity index (χ1v) is 8.07. The molecular formula is C18H27IN4. The lowest BCUT2D eigenvalue weighted by Crippen LogP contribution is -2.39. The summed E-state index contributed by atoms with van der Waals surface area (Å²) < 4.78 is 0. The minimum Gasteiger partial charge on any atom is -0.352 e. The summed E-state index contributed by atoms with van der Waals surface area (Å²) in [5.41, 5.74) is 1.81. The van der Waals surface area contributed by atoms with Gasteiger partial charge >= 0.3 is 0 Å². The lowest BCUT2D eigenvalue weighted by Gasteiger charge is -2.22. The van der Waals surface area contributed by atoms with Crippen LogP contribution in [-0.4, -0.2) is 31.0 Å². The van der Waals surface area contributed by atoms with E-state index in [1.54, 1.807) is 0 Å². The van der Waals surface area contributed by atoms with E-state index < -0.39 is 0 Å². The van der Waals surface area contributed by atoms with Crippen molar-refractivity contribution in [2.45, 2.75) is 33.2 Å². The molecule has 5 heteroatoms. The van der Waals surface area contributed by atoms with E-state index in [-0.39, 0.29) is 24.0 Å². The maximum absolute atomic E-state index is 8.96. The van der Waals surface area contributed by atoms with Crippen LogP contribution in [0.5, 0.6) is 0 Å². The number of guanidine groups is 1. The van der Waals surface area contributed by atoms with Crippen molar-refractivity contribution in [1.29, 1.82) is 5.26 Å². The fraction of sp³-hybridized carbons (Fsp3) is 0.556. The molecule has 1 aliphatic heterocycles. The Bertz CT molecular complexity index is 562. The first kappa shape index (κ1) is 19.8.